The quantitative estimate of drug-likeness (QED) is 0.674. The normalized spacial score (nSPS) is 26.1. The molecular weight excluding hydrogens is 188 g/mol. The summed E-state index contributed by atoms with van der Waals surface area (Å²) in [5.74, 6) is 1.42. The molecule has 0 saturated heterocycles. The number of nitrogens with one attached hydrogen (secondary N) is 1. The Bertz CT molecular complexity index is 206. The first kappa shape index (κ1) is 12.5. The third-order valence-corrected chi connectivity index (χ3v) is 3.20. The summed E-state index contributed by atoms with van der Waals surface area (Å²) in [7, 11) is 0. The minimum absolute atomic E-state index is 0.207. The summed E-state index contributed by atoms with van der Waals surface area (Å²) >= 11 is 0. The van der Waals surface area contributed by atoms with Crippen LogP contribution in [0.2, 0.25) is 0 Å². The van der Waals surface area contributed by atoms with Crippen LogP contribution in [0.1, 0.15) is 46.0 Å². The molecule has 1 aliphatic carbocycles. The summed E-state index contributed by atoms with van der Waals surface area (Å²) in [6.07, 6.45) is 5.21. The van der Waals surface area contributed by atoms with Crippen molar-refractivity contribution < 1.29 is 4.79 Å². The third kappa shape index (κ3) is 4.65. The van der Waals surface area contributed by atoms with E-state index in [4.69, 9.17) is 5.73 Å². The van der Waals surface area contributed by atoms with E-state index in [1.807, 2.05) is 0 Å². The van der Waals surface area contributed by atoms with E-state index in [1.54, 1.807) is 0 Å². The second-order valence-electron chi connectivity index (χ2n) is 4.84. The molecule has 0 aromatic rings. The lowest BCUT2D eigenvalue weighted by molar-refractivity contribution is -0.121. The van der Waals surface area contributed by atoms with Crippen molar-refractivity contribution in [1.29, 1.82) is 0 Å². The van der Waals surface area contributed by atoms with Crippen LogP contribution in [0.25, 0.3) is 0 Å². The monoisotopic (exact) mass is 212 g/mol. The van der Waals surface area contributed by atoms with Crippen LogP contribution in [0.3, 0.4) is 0 Å². The average molecular weight is 212 g/mol. The number of amides is 1. The second-order valence-corrected chi connectivity index (χ2v) is 4.84. The molecule has 1 amide bonds. The fourth-order valence-corrected chi connectivity index (χ4v) is 1.89. The van der Waals surface area contributed by atoms with E-state index in [9.17, 15) is 4.79 Å². The Morgan fingerprint density at radius 3 is 2.93 bits per heavy atom. The van der Waals surface area contributed by atoms with E-state index in [1.165, 1.54) is 19.3 Å². The largest absolute Gasteiger partial charge is 0.353 e. The zero-order valence-corrected chi connectivity index (χ0v) is 9.96. The van der Waals surface area contributed by atoms with Gasteiger partial charge in [-0.15, -0.1) is 0 Å². The van der Waals surface area contributed by atoms with Crippen molar-refractivity contribution >= 4 is 5.91 Å². The van der Waals surface area contributed by atoms with Crippen LogP contribution >= 0.6 is 0 Å². The SMILES string of the molecule is CCCC1CC1NC(=O)CCC(C)CN. The van der Waals surface area contributed by atoms with Gasteiger partial charge in [-0.25, -0.2) is 0 Å². The molecule has 3 atom stereocenters. The maximum absolute atomic E-state index is 11.5. The van der Waals surface area contributed by atoms with Gasteiger partial charge in [0.1, 0.15) is 0 Å². The molecule has 3 heteroatoms. The van der Waals surface area contributed by atoms with Gasteiger partial charge in [0, 0.05) is 12.5 Å². The third-order valence-electron chi connectivity index (χ3n) is 3.20. The molecular formula is C12H24N2O. The smallest absolute Gasteiger partial charge is 0.220 e. The highest BCUT2D eigenvalue weighted by Crippen LogP contribution is 2.34. The average Bonchev–Trinajstić information content (AvgIpc) is 2.93. The number of nitrogens with two attached hydrogens (primary N) is 1. The highest BCUT2D eigenvalue weighted by Gasteiger charge is 2.36. The summed E-state index contributed by atoms with van der Waals surface area (Å²) in [5.41, 5.74) is 5.50. The highest BCUT2D eigenvalue weighted by atomic mass is 16.1. The Hall–Kier alpha value is -0.570. The molecule has 3 nitrogen and oxygen atoms in total. The van der Waals surface area contributed by atoms with Gasteiger partial charge in [0.25, 0.3) is 0 Å². The van der Waals surface area contributed by atoms with Crippen molar-refractivity contribution in [3.05, 3.63) is 0 Å². The van der Waals surface area contributed by atoms with Crippen LogP contribution < -0.4 is 11.1 Å². The number of carbonyl (C=O) groups excluding carboxylic acids is 1. The lowest BCUT2D eigenvalue weighted by Gasteiger charge is -2.08. The molecule has 0 spiro atoms. The van der Waals surface area contributed by atoms with Crippen LogP contribution in [0.4, 0.5) is 0 Å². The topological polar surface area (TPSA) is 55.1 Å². The minimum Gasteiger partial charge on any atom is -0.353 e. The molecule has 0 aromatic carbocycles. The molecule has 1 aliphatic rings. The molecule has 0 bridgehead atoms. The molecule has 1 saturated carbocycles. The molecule has 0 aliphatic heterocycles. The van der Waals surface area contributed by atoms with Crippen LogP contribution in [0.15, 0.2) is 0 Å². The summed E-state index contributed by atoms with van der Waals surface area (Å²) in [6.45, 7) is 4.96. The zero-order valence-electron chi connectivity index (χ0n) is 9.96. The highest BCUT2D eigenvalue weighted by molar-refractivity contribution is 5.76. The molecule has 3 unspecified atom stereocenters. The number of hydrogen-bond donors (Lipinski definition) is 2. The summed E-state index contributed by atoms with van der Waals surface area (Å²) < 4.78 is 0. The van der Waals surface area contributed by atoms with E-state index < -0.39 is 0 Å². The first-order valence-electron chi connectivity index (χ1n) is 6.16. The van der Waals surface area contributed by atoms with Gasteiger partial charge < -0.3 is 11.1 Å². The maximum Gasteiger partial charge on any atom is 0.220 e. The first-order valence-corrected chi connectivity index (χ1v) is 6.16. The number of carbonyl (C=O) groups is 1. The lowest BCUT2D eigenvalue weighted by Crippen LogP contribution is -2.27. The first-order chi connectivity index (χ1) is 7.17. The maximum atomic E-state index is 11.5. The van der Waals surface area contributed by atoms with Crippen molar-refractivity contribution in [2.45, 2.75) is 52.0 Å². The summed E-state index contributed by atoms with van der Waals surface area (Å²) in [6, 6.07) is 0.477. The molecule has 0 aromatic heterocycles. The van der Waals surface area contributed by atoms with Crippen molar-refractivity contribution in [3.63, 3.8) is 0 Å². The predicted molar refractivity (Wildman–Crippen MR) is 62.4 cm³/mol. The van der Waals surface area contributed by atoms with Crippen LogP contribution in [0.5, 0.6) is 0 Å². The fourth-order valence-electron chi connectivity index (χ4n) is 1.89. The van der Waals surface area contributed by atoms with Crippen LogP contribution in [-0.2, 0) is 4.79 Å². The van der Waals surface area contributed by atoms with Gasteiger partial charge in [-0.3, -0.25) is 4.79 Å². The Labute approximate surface area is 92.8 Å². The molecule has 3 N–H and O–H groups in total. The van der Waals surface area contributed by atoms with E-state index in [0.717, 1.165) is 12.3 Å². The molecule has 1 rings (SSSR count). The fraction of sp³-hybridized carbons (Fsp3) is 0.917. The predicted octanol–water partition coefficient (Wildman–Crippen LogP) is 1.67. The molecule has 1 fully saturated rings. The molecule has 0 radical (unpaired) electrons. The van der Waals surface area contributed by atoms with Gasteiger partial charge in [0.2, 0.25) is 5.91 Å². The second kappa shape index (κ2) is 6.11. The molecule has 0 heterocycles. The van der Waals surface area contributed by atoms with Gasteiger partial charge >= 0.3 is 0 Å². The van der Waals surface area contributed by atoms with Crippen molar-refractivity contribution in [3.8, 4) is 0 Å². The van der Waals surface area contributed by atoms with Crippen molar-refractivity contribution in [2.24, 2.45) is 17.6 Å². The summed E-state index contributed by atoms with van der Waals surface area (Å²) in [5, 5.41) is 3.09. The summed E-state index contributed by atoms with van der Waals surface area (Å²) in [4.78, 5) is 11.5. The van der Waals surface area contributed by atoms with Crippen LogP contribution in [0, 0.1) is 11.8 Å². The van der Waals surface area contributed by atoms with Gasteiger partial charge in [0.05, 0.1) is 0 Å². The van der Waals surface area contributed by atoms with E-state index in [2.05, 4.69) is 19.2 Å². The van der Waals surface area contributed by atoms with E-state index in [-0.39, 0.29) is 5.91 Å². The Morgan fingerprint density at radius 1 is 1.60 bits per heavy atom. The number of hydrogen-bond acceptors (Lipinski definition) is 2. The number of rotatable bonds is 7. The van der Waals surface area contributed by atoms with Gasteiger partial charge in [-0.05, 0) is 37.6 Å². The molecule has 15 heavy (non-hydrogen) atoms. The standard InChI is InChI=1S/C12H24N2O/c1-3-4-10-7-11(10)14-12(15)6-5-9(2)8-13/h9-11H,3-8,13H2,1-2H3,(H,14,15). The van der Waals surface area contributed by atoms with Gasteiger partial charge in [-0.2, -0.15) is 0 Å². The van der Waals surface area contributed by atoms with Crippen molar-refractivity contribution in [2.75, 3.05) is 6.54 Å². The Balaban J connectivity index is 2.05. The zero-order chi connectivity index (χ0) is 11.3. The van der Waals surface area contributed by atoms with E-state index >= 15 is 0 Å². The van der Waals surface area contributed by atoms with Gasteiger partial charge in [-0.1, -0.05) is 20.3 Å². The Kier molecular flexibility index (Phi) is 5.09. The van der Waals surface area contributed by atoms with Crippen LogP contribution in [-0.4, -0.2) is 18.5 Å². The molecule has 88 valence electrons. The van der Waals surface area contributed by atoms with Crippen molar-refractivity contribution in [1.82, 2.24) is 5.32 Å². The van der Waals surface area contributed by atoms with E-state index in [0.29, 0.717) is 24.9 Å². The Morgan fingerprint density at radius 2 is 2.33 bits per heavy atom. The lowest BCUT2D eigenvalue weighted by atomic mass is 10.1. The minimum atomic E-state index is 0.207. The van der Waals surface area contributed by atoms with Gasteiger partial charge in [0.15, 0.2) is 0 Å².